The van der Waals surface area contributed by atoms with Gasteiger partial charge in [0.15, 0.2) is 0 Å². The first-order valence-electron chi connectivity index (χ1n) is 13.1. The minimum atomic E-state index is -0.164. The van der Waals surface area contributed by atoms with Crippen LogP contribution in [-0.2, 0) is 22.6 Å². The summed E-state index contributed by atoms with van der Waals surface area (Å²) < 4.78 is 8.42. The number of ether oxygens (including phenoxy) is 1. The van der Waals surface area contributed by atoms with Crippen molar-refractivity contribution in [1.29, 1.82) is 0 Å². The van der Waals surface area contributed by atoms with Crippen LogP contribution in [0.25, 0.3) is 0 Å². The molecule has 0 unspecified atom stereocenters. The van der Waals surface area contributed by atoms with Gasteiger partial charge in [-0.25, -0.2) is 0 Å². The van der Waals surface area contributed by atoms with Crippen LogP contribution >= 0.6 is 27.5 Å². The number of benzene rings is 2. The number of carbonyl (C=O) groups is 2. The zero-order valence-corrected chi connectivity index (χ0v) is 24.7. The van der Waals surface area contributed by atoms with Gasteiger partial charge >= 0.3 is 0 Å². The molecule has 2 amide bonds. The van der Waals surface area contributed by atoms with Gasteiger partial charge in [-0.3, -0.25) is 9.59 Å². The van der Waals surface area contributed by atoms with Crippen molar-refractivity contribution in [3.8, 4) is 0 Å². The van der Waals surface area contributed by atoms with Gasteiger partial charge in [-0.2, -0.15) is 0 Å². The number of nitrogens with zero attached hydrogens (tertiary/aromatic N) is 3. The average Bonchev–Trinajstić information content (AvgIpc) is 3.32. The number of rotatable bonds is 14. The van der Waals surface area contributed by atoms with E-state index in [0.29, 0.717) is 51.4 Å². The van der Waals surface area contributed by atoms with Crippen molar-refractivity contribution < 1.29 is 14.3 Å². The minimum Gasteiger partial charge on any atom is -0.382 e. The van der Waals surface area contributed by atoms with Crippen LogP contribution in [-0.4, -0.2) is 59.0 Å². The van der Waals surface area contributed by atoms with E-state index in [1.165, 1.54) is 0 Å². The van der Waals surface area contributed by atoms with Gasteiger partial charge in [0.2, 0.25) is 5.91 Å². The molecule has 0 bridgehead atoms. The van der Waals surface area contributed by atoms with Gasteiger partial charge in [-0.15, -0.1) is 0 Å². The SMILES string of the molecule is CCOCCCN(CC(=O)N(Cc1cccn1Cc1ccccc1Cl)CC(C)C)C(=O)c1cccc(Br)c1. The molecule has 1 aromatic heterocycles. The summed E-state index contributed by atoms with van der Waals surface area (Å²) in [6, 6.07) is 19.1. The van der Waals surface area contributed by atoms with Gasteiger partial charge in [0.05, 0.1) is 6.54 Å². The molecule has 0 aliphatic heterocycles. The maximum absolute atomic E-state index is 13.7. The number of amides is 2. The Balaban J connectivity index is 1.78. The lowest BCUT2D eigenvalue weighted by molar-refractivity contribution is -0.133. The summed E-state index contributed by atoms with van der Waals surface area (Å²) >= 11 is 9.85. The Hall–Kier alpha value is -2.61. The number of aromatic nitrogens is 1. The van der Waals surface area contributed by atoms with Crippen LogP contribution in [0.15, 0.2) is 71.3 Å². The molecule has 2 aromatic carbocycles. The smallest absolute Gasteiger partial charge is 0.254 e. The average molecular weight is 603 g/mol. The second kappa shape index (κ2) is 15.1. The molecular weight excluding hydrogens is 566 g/mol. The molecule has 0 N–H and O–H groups in total. The number of hydrogen-bond acceptors (Lipinski definition) is 3. The fourth-order valence-electron chi connectivity index (χ4n) is 4.27. The van der Waals surface area contributed by atoms with E-state index in [1.807, 2.05) is 66.6 Å². The van der Waals surface area contributed by atoms with Crippen molar-refractivity contribution in [1.82, 2.24) is 14.4 Å². The van der Waals surface area contributed by atoms with E-state index in [9.17, 15) is 9.59 Å². The molecule has 204 valence electrons. The third kappa shape index (κ3) is 9.00. The quantitative estimate of drug-likeness (QED) is 0.198. The number of halogens is 2. The second-order valence-corrected chi connectivity index (χ2v) is 11.0. The highest BCUT2D eigenvalue weighted by molar-refractivity contribution is 9.10. The molecule has 8 heteroatoms. The van der Waals surface area contributed by atoms with E-state index in [4.69, 9.17) is 16.3 Å². The van der Waals surface area contributed by atoms with E-state index in [1.54, 1.807) is 17.0 Å². The van der Waals surface area contributed by atoms with Crippen LogP contribution in [0.5, 0.6) is 0 Å². The Morgan fingerprint density at radius 1 is 1.05 bits per heavy atom. The minimum absolute atomic E-state index is 0.00934. The van der Waals surface area contributed by atoms with Crippen molar-refractivity contribution in [3.05, 3.63) is 93.2 Å². The maximum Gasteiger partial charge on any atom is 0.254 e. The van der Waals surface area contributed by atoms with Gasteiger partial charge in [-0.1, -0.05) is 65.6 Å². The third-order valence-electron chi connectivity index (χ3n) is 6.12. The van der Waals surface area contributed by atoms with Gasteiger partial charge in [0, 0.05) is 59.8 Å². The lowest BCUT2D eigenvalue weighted by Gasteiger charge is -2.29. The largest absolute Gasteiger partial charge is 0.382 e. The van der Waals surface area contributed by atoms with E-state index in [2.05, 4.69) is 34.3 Å². The van der Waals surface area contributed by atoms with Crippen LogP contribution in [0.1, 0.15) is 48.8 Å². The lowest BCUT2D eigenvalue weighted by atomic mass is 10.1. The van der Waals surface area contributed by atoms with Crippen LogP contribution < -0.4 is 0 Å². The fourth-order valence-corrected chi connectivity index (χ4v) is 4.86. The molecule has 0 spiro atoms. The van der Waals surface area contributed by atoms with Crippen molar-refractivity contribution >= 4 is 39.3 Å². The molecule has 0 saturated heterocycles. The summed E-state index contributed by atoms with van der Waals surface area (Å²) in [6.07, 6.45) is 2.67. The Labute approximate surface area is 239 Å². The highest BCUT2D eigenvalue weighted by Gasteiger charge is 2.24. The molecule has 0 radical (unpaired) electrons. The Morgan fingerprint density at radius 2 is 1.84 bits per heavy atom. The third-order valence-corrected chi connectivity index (χ3v) is 6.98. The Kier molecular flexibility index (Phi) is 11.9. The molecule has 1 heterocycles. The van der Waals surface area contributed by atoms with Crippen LogP contribution in [0, 0.1) is 5.92 Å². The molecule has 0 atom stereocenters. The van der Waals surface area contributed by atoms with Crippen molar-refractivity contribution in [2.24, 2.45) is 5.92 Å². The number of hydrogen-bond donors (Lipinski definition) is 0. The van der Waals surface area contributed by atoms with E-state index in [0.717, 1.165) is 20.8 Å². The zero-order valence-electron chi connectivity index (χ0n) is 22.4. The normalized spacial score (nSPS) is 11.1. The van der Waals surface area contributed by atoms with Crippen molar-refractivity contribution in [2.45, 2.75) is 40.3 Å². The fraction of sp³-hybridized carbons (Fsp3) is 0.400. The van der Waals surface area contributed by atoms with Gasteiger partial charge in [0.1, 0.15) is 6.54 Å². The molecule has 0 aliphatic carbocycles. The molecule has 0 saturated carbocycles. The highest BCUT2D eigenvalue weighted by Crippen LogP contribution is 2.19. The summed E-state index contributed by atoms with van der Waals surface area (Å²) in [7, 11) is 0. The summed E-state index contributed by atoms with van der Waals surface area (Å²) in [4.78, 5) is 30.6. The summed E-state index contributed by atoms with van der Waals surface area (Å²) in [5.74, 6) is 0.0322. The maximum atomic E-state index is 13.7. The first-order valence-corrected chi connectivity index (χ1v) is 14.2. The summed E-state index contributed by atoms with van der Waals surface area (Å²) in [5, 5.41) is 0.719. The van der Waals surface area contributed by atoms with Crippen molar-refractivity contribution in [2.75, 3.05) is 32.8 Å². The Morgan fingerprint density at radius 3 is 2.55 bits per heavy atom. The van der Waals surface area contributed by atoms with E-state index in [-0.39, 0.29) is 24.3 Å². The van der Waals surface area contributed by atoms with Gasteiger partial charge in [0.25, 0.3) is 5.91 Å². The predicted octanol–water partition coefficient (Wildman–Crippen LogP) is 6.51. The molecule has 3 rings (SSSR count). The van der Waals surface area contributed by atoms with Crippen LogP contribution in [0.2, 0.25) is 5.02 Å². The highest BCUT2D eigenvalue weighted by atomic mass is 79.9. The molecule has 38 heavy (non-hydrogen) atoms. The van der Waals surface area contributed by atoms with Crippen LogP contribution in [0.4, 0.5) is 0 Å². The van der Waals surface area contributed by atoms with Gasteiger partial charge in [-0.05, 0) is 61.2 Å². The molecular formula is C30H37BrClN3O3. The van der Waals surface area contributed by atoms with Gasteiger partial charge < -0.3 is 19.1 Å². The van der Waals surface area contributed by atoms with Crippen LogP contribution in [0.3, 0.4) is 0 Å². The second-order valence-electron chi connectivity index (χ2n) is 9.67. The molecule has 0 aliphatic rings. The van der Waals surface area contributed by atoms with Crippen molar-refractivity contribution in [3.63, 3.8) is 0 Å². The van der Waals surface area contributed by atoms with E-state index >= 15 is 0 Å². The lowest BCUT2D eigenvalue weighted by Crippen LogP contribution is -2.44. The van der Waals surface area contributed by atoms with E-state index < -0.39 is 0 Å². The molecule has 0 fully saturated rings. The first-order chi connectivity index (χ1) is 18.3. The summed E-state index contributed by atoms with van der Waals surface area (Å²) in [5.41, 5.74) is 2.58. The molecule has 6 nitrogen and oxygen atoms in total. The summed E-state index contributed by atoms with van der Waals surface area (Å²) in [6.45, 7) is 9.40. The monoisotopic (exact) mass is 601 g/mol. The zero-order chi connectivity index (χ0) is 27.5. The Bertz CT molecular complexity index is 1200. The topological polar surface area (TPSA) is 54.8 Å². The number of carbonyl (C=O) groups excluding carboxylic acids is 2. The first kappa shape index (κ1) is 29.9. The molecule has 3 aromatic rings. The predicted molar refractivity (Wildman–Crippen MR) is 156 cm³/mol. The standard InChI is InChI=1S/C30H37BrClN3O3/c1-4-38-17-9-16-34(30(37)24-11-7-12-26(31)18-24)22-29(36)35(19-23(2)3)21-27-13-8-15-33(27)20-25-10-5-6-14-28(25)32/h5-8,10-15,18,23H,4,9,16-17,19-22H2,1-3H3.